The van der Waals surface area contributed by atoms with E-state index < -0.39 is 0 Å². The first-order chi connectivity index (χ1) is 8.49. The summed E-state index contributed by atoms with van der Waals surface area (Å²) >= 11 is 1.65. The molecule has 1 aromatic rings. The van der Waals surface area contributed by atoms with E-state index in [1.807, 2.05) is 24.8 Å². The number of aryl methyl sites for hydroxylation is 2. The van der Waals surface area contributed by atoms with Crippen molar-refractivity contribution in [1.29, 1.82) is 0 Å². The SMILES string of the molecule is Cc1cc(C(=O)N2CCC(C(N)=O)CC2)c(C)s1. The Morgan fingerprint density at radius 2 is 1.94 bits per heavy atom. The van der Waals surface area contributed by atoms with Gasteiger partial charge in [-0.3, -0.25) is 9.59 Å². The van der Waals surface area contributed by atoms with Crippen molar-refractivity contribution in [2.24, 2.45) is 11.7 Å². The van der Waals surface area contributed by atoms with Crippen LogP contribution in [0.1, 0.15) is 33.0 Å². The number of likely N-dealkylation sites (tertiary alicyclic amines) is 1. The summed E-state index contributed by atoms with van der Waals surface area (Å²) in [5.74, 6) is -0.233. The number of nitrogens with zero attached hydrogens (tertiary/aromatic N) is 1. The topological polar surface area (TPSA) is 63.4 Å². The highest BCUT2D eigenvalue weighted by molar-refractivity contribution is 7.12. The molecule has 0 aromatic carbocycles. The first-order valence-electron chi connectivity index (χ1n) is 6.14. The van der Waals surface area contributed by atoms with Crippen LogP contribution in [0.2, 0.25) is 0 Å². The molecule has 1 aliphatic heterocycles. The van der Waals surface area contributed by atoms with Crippen LogP contribution in [0, 0.1) is 19.8 Å². The van der Waals surface area contributed by atoms with Gasteiger partial charge in [0, 0.05) is 28.8 Å². The second-order valence-corrected chi connectivity index (χ2v) is 6.26. The Balaban J connectivity index is 2.04. The lowest BCUT2D eigenvalue weighted by atomic mass is 9.96. The molecule has 2 heterocycles. The van der Waals surface area contributed by atoms with Crippen LogP contribution in [0.15, 0.2) is 6.07 Å². The van der Waals surface area contributed by atoms with Gasteiger partial charge in [-0.05, 0) is 32.8 Å². The molecular formula is C13H18N2O2S. The van der Waals surface area contributed by atoms with Crippen LogP contribution in [0.4, 0.5) is 0 Å². The zero-order chi connectivity index (χ0) is 13.3. The van der Waals surface area contributed by atoms with Crippen molar-refractivity contribution in [2.45, 2.75) is 26.7 Å². The van der Waals surface area contributed by atoms with Crippen molar-refractivity contribution in [1.82, 2.24) is 4.90 Å². The van der Waals surface area contributed by atoms with Crippen LogP contribution in [-0.4, -0.2) is 29.8 Å². The van der Waals surface area contributed by atoms with Crippen molar-refractivity contribution < 1.29 is 9.59 Å². The Bertz CT molecular complexity index is 473. The number of carbonyl (C=O) groups excluding carboxylic acids is 2. The van der Waals surface area contributed by atoms with Gasteiger partial charge in [-0.1, -0.05) is 0 Å². The standard InChI is InChI=1S/C13H18N2O2S/c1-8-7-11(9(2)18-8)13(17)15-5-3-10(4-6-15)12(14)16/h7,10H,3-6H2,1-2H3,(H2,14,16). The molecule has 0 radical (unpaired) electrons. The Labute approximate surface area is 111 Å². The number of carbonyl (C=O) groups is 2. The van der Waals surface area contributed by atoms with Crippen molar-refractivity contribution >= 4 is 23.2 Å². The van der Waals surface area contributed by atoms with E-state index in [0.29, 0.717) is 25.9 Å². The molecule has 0 bridgehead atoms. The number of amides is 2. The van der Waals surface area contributed by atoms with Crippen LogP contribution < -0.4 is 5.73 Å². The fourth-order valence-corrected chi connectivity index (χ4v) is 3.30. The van der Waals surface area contributed by atoms with Crippen molar-refractivity contribution in [3.05, 3.63) is 21.4 Å². The van der Waals surface area contributed by atoms with Gasteiger partial charge in [-0.25, -0.2) is 0 Å². The predicted molar refractivity (Wildman–Crippen MR) is 71.6 cm³/mol. The second kappa shape index (κ2) is 5.10. The van der Waals surface area contributed by atoms with Gasteiger partial charge < -0.3 is 10.6 Å². The molecule has 0 aliphatic carbocycles. The molecule has 1 fully saturated rings. The van der Waals surface area contributed by atoms with E-state index in [9.17, 15) is 9.59 Å². The summed E-state index contributed by atoms with van der Waals surface area (Å²) in [5.41, 5.74) is 6.09. The fraction of sp³-hybridized carbons (Fsp3) is 0.538. The number of hydrogen-bond acceptors (Lipinski definition) is 3. The lowest BCUT2D eigenvalue weighted by Gasteiger charge is -2.30. The highest BCUT2D eigenvalue weighted by Gasteiger charge is 2.27. The Hall–Kier alpha value is -1.36. The second-order valence-electron chi connectivity index (χ2n) is 4.80. The largest absolute Gasteiger partial charge is 0.369 e. The number of nitrogens with two attached hydrogens (primary N) is 1. The average Bonchev–Trinajstić information content (AvgIpc) is 2.67. The maximum Gasteiger partial charge on any atom is 0.254 e. The molecule has 1 aromatic heterocycles. The molecule has 0 spiro atoms. The van der Waals surface area contributed by atoms with Gasteiger partial charge in [0.25, 0.3) is 5.91 Å². The molecule has 4 nitrogen and oxygen atoms in total. The minimum Gasteiger partial charge on any atom is -0.369 e. The summed E-state index contributed by atoms with van der Waals surface area (Å²) in [6, 6.07) is 1.95. The highest BCUT2D eigenvalue weighted by Crippen LogP contribution is 2.24. The monoisotopic (exact) mass is 266 g/mol. The summed E-state index contributed by atoms with van der Waals surface area (Å²) in [5, 5.41) is 0. The van der Waals surface area contributed by atoms with Crippen LogP contribution in [0.5, 0.6) is 0 Å². The molecule has 5 heteroatoms. The number of primary amides is 1. The number of rotatable bonds is 2. The van der Waals surface area contributed by atoms with Crippen LogP contribution in [0.3, 0.4) is 0 Å². The van der Waals surface area contributed by atoms with Gasteiger partial charge in [-0.2, -0.15) is 0 Å². The molecule has 0 atom stereocenters. The maximum atomic E-state index is 12.3. The summed E-state index contributed by atoms with van der Waals surface area (Å²) in [7, 11) is 0. The quantitative estimate of drug-likeness (QED) is 0.885. The van der Waals surface area contributed by atoms with E-state index >= 15 is 0 Å². The van der Waals surface area contributed by atoms with Gasteiger partial charge >= 0.3 is 0 Å². The number of hydrogen-bond donors (Lipinski definition) is 1. The Kier molecular flexibility index (Phi) is 3.71. The lowest BCUT2D eigenvalue weighted by Crippen LogP contribution is -2.41. The van der Waals surface area contributed by atoms with Crippen LogP contribution in [-0.2, 0) is 4.79 Å². The molecule has 2 N–H and O–H groups in total. The molecule has 0 unspecified atom stereocenters. The van der Waals surface area contributed by atoms with E-state index in [2.05, 4.69) is 0 Å². The number of thiophene rings is 1. The van der Waals surface area contributed by atoms with E-state index in [-0.39, 0.29) is 17.7 Å². The smallest absolute Gasteiger partial charge is 0.254 e. The average molecular weight is 266 g/mol. The van der Waals surface area contributed by atoms with Gasteiger partial charge in [0.05, 0.1) is 5.56 Å². The normalized spacial score (nSPS) is 16.9. The lowest BCUT2D eigenvalue weighted by molar-refractivity contribution is -0.123. The van der Waals surface area contributed by atoms with Gasteiger partial charge in [0.2, 0.25) is 5.91 Å². The van der Waals surface area contributed by atoms with Gasteiger partial charge in [0.15, 0.2) is 0 Å². The minimum absolute atomic E-state index is 0.0700. The van der Waals surface area contributed by atoms with E-state index in [4.69, 9.17) is 5.73 Å². The molecule has 1 aliphatic rings. The Morgan fingerprint density at radius 1 is 1.33 bits per heavy atom. The first-order valence-corrected chi connectivity index (χ1v) is 6.96. The maximum absolute atomic E-state index is 12.3. The summed E-state index contributed by atoms with van der Waals surface area (Å²) in [6.45, 7) is 5.23. The summed E-state index contributed by atoms with van der Waals surface area (Å²) in [6.07, 6.45) is 1.37. The van der Waals surface area contributed by atoms with Crippen molar-refractivity contribution in [2.75, 3.05) is 13.1 Å². The molecule has 1 saturated heterocycles. The van der Waals surface area contributed by atoms with Gasteiger partial charge in [-0.15, -0.1) is 11.3 Å². The van der Waals surface area contributed by atoms with Crippen LogP contribution >= 0.6 is 11.3 Å². The molecule has 2 amide bonds. The molecule has 0 saturated carbocycles. The minimum atomic E-state index is -0.246. The van der Waals surface area contributed by atoms with E-state index in [1.54, 1.807) is 11.3 Å². The molecule has 18 heavy (non-hydrogen) atoms. The van der Waals surface area contributed by atoms with E-state index in [0.717, 1.165) is 15.3 Å². The van der Waals surface area contributed by atoms with E-state index in [1.165, 1.54) is 0 Å². The molecule has 98 valence electrons. The Morgan fingerprint density at radius 3 is 2.39 bits per heavy atom. The third kappa shape index (κ3) is 2.56. The summed E-state index contributed by atoms with van der Waals surface area (Å²) < 4.78 is 0. The third-order valence-electron chi connectivity index (χ3n) is 3.46. The van der Waals surface area contributed by atoms with Crippen molar-refractivity contribution in [3.63, 3.8) is 0 Å². The highest BCUT2D eigenvalue weighted by atomic mass is 32.1. The zero-order valence-corrected chi connectivity index (χ0v) is 11.5. The fourth-order valence-electron chi connectivity index (χ4n) is 2.38. The predicted octanol–water partition coefficient (Wildman–Crippen LogP) is 1.70. The van der Waals surface area contributed by atoms with Crippen LogP contribution in [0.25, 0.3) is 0 Å². The third-order valence-corrected chi connectivity index (χ3v) is 4.42. The first kappa shape index (κ1) is 13.1. The molecular weight excluding hydrogens is 248 g/mol. The van der Waals surface area contributed by atoms with Crippen molar-refractivity contribution in [3.8, 4) is 0 Å². The summed E-state index contributed by atoms with van der Waals surface area (Å²) in [4.78, 5) is 27.5. The van der Waals surface area contributed by atoms with Gasteiger partial charge in [0.1, 0.15) is 0 Å². The number of piperidine rings is 1. The molecule has 2 rings (SSSR count). The zero-order valence-electron chi connectivity index (χ0n) is 10.7.